The second kappa shape index (κ2) is 7.04. The first-order valence-corrected chi connectivity index (χ1v) is 9.08. The number of hydrogen-bond acceptors (Lipinski definition) is 4. The first-order chi connectivity index (χ1) is 12.0. The van der Waals surface area contributed by atoms with Crippen molar-refractivity contribution in [2.75, 3.05) is 18.2 Å². The fraction of sp³-hybridized carbons (Fsp3) is 0.500. The van der Waals surface area contributed by atoms with Gasteiger partial charge in [0.05, 0.1) is 0 Å². The zero-order chi connectivity index (χ0) is 18.0. The summed E-state index contributed by atoms with van der Waals surface area (Å²) in [5.74, 6) is 0.399. The van der Waals surface area contributed by atoms with Crippen LogP contribution in [0.25, 0.3) is 0 Å². The minimum absolute atomic E-state index is 0.215. The topological polar surface area (TPSA) is 65.0 Å². The van der Waals surface area contributed by atoms with E-state index in [4.69, 9.17) is 11.6 Å². The van der Waals surface area contributed by atoms with Crippen LogP contribution in [0.2, 0.25) is 5.02 Å². The Morgan fingerprint density at radius 2 is 1.96 bits per heavy atom. The van der Waals surface area contributed by atoms with E-state index in [9.17, 15) is 9.59 Å². The zero-order valence-corrected chi connectivity index (χ0v) is 15.3. The lowest BCUT2D eigenvalue weighted by atomic mass is 9.75. The van der Waals surface area contributed by atoms with Crippen LogP contribution in [0, 0.1) is 5.41 Å². The summed E-state index contributed by atoms with van der Waals surface area (Å²) in [6, 6.07) is 7.06. The predicted molar refractivity (Wildman–Crippen MR) is 98.7 cm³/mol. The van der Waals surface area contributed by atoms with Crippen molar-refractivity contribution in [2.24, 2.45) is 10.4 Å². The molecule has 2 aliphatic heterocycles. The van der Waals surface area contributed by atoms with Gasteiger partial charge in [0.15, 0.2) is 0 Å². The lowest BCUT2D eigenvalue weighted by Gasteiger charge is -2.46. The van der Waals surface area contributed by atoms with Gasteiger partial charge in [0.1, 0.15) is 24.6 Å². The number of nitrogens with one attached hydrogen (secondary N) is 1. The highest BCUT2D eigenvalue weighted by Crippen LogP contribution is 2.38. The summed E-state index contributed by atoms with van der Waals surface area (Å²) < 4.78 is 0. The van der Waals surface area contributed by atoms with Crippen molar-refractivity contribution in [1.82, 2.24) is 10.2 Å². The van der Waals surface area contributed by atoms with Gasteiger partial charge in [-0.3, -0.25) is 15.0 Å². The highest BCUT2D eigenvalue weighted by Gasteiger charge is 2.51. The summed E-state index contributed by atoms with van der Waals surface area (Å²) in [5, 5.41) is 3.17. The van der Waals surface area contributed by atoms with Crippen molar-refractivity contribution < 1.29 is 9.59 Å². The van der Waals surface area contributed by atoms with Gasteiger partial charge < -0.3 is 4.90 Å². The number of imide groups is 1. The van der Waals surface area contributed by atoms with Crippen LogP contribution in [-0.4, -0.2) is 36.0 Å². The van der Waals surface area contributed by atoms with Crippen LogP contribution in [0.3, 0.4) is 0 Å². The van der Waals surface area contributed by atoms with Crippen LogP contribution in [-0.2, 0) is 4.79 Å². The summed E-state index contributed by atoms with van der Waals surface area (Å²) in [4.78, 5) is 33.4. The average molecular weight is 363 g/mol. The van der Waals surface area contributed by atoms with Gasteiger partial charge in [0, 0.05) is 10.7 Å². The number of aliphatic imine (C=N–C) groups is 1. The van der Waals surface area contributed by atoms with Gasteiger partial charge in [-0.05, 0) is 31.0 Å². The minimum Gasteiger partial charge on any atom is -0.334 e. The summed E-state index contributed by atoms with van der Waals surface area (Å²) in [7, 11) is 0. The van der Waals surface area contributed by atoms with E-state index in [-0.39, 0.29) is 5.91 Å². The molecule has 2 heterocycles. The Balaban J connectivity index is 1.97. The highest BCUT2D eigenvalue weighted by atomic mass is 35.5. The monoisotopic (exact) mass is 362 g/mol. The van der Waals surface area contributed by atoms with Crippen molar-refractivity contribution in [3.8, 4) is 0 Å². The molecule has 0 aliphatic carbocycles. The summed E-state index contributed by atoms with van der Waals surface area (Å²) >= 11 is 6.08. The number of carbonyl (C=O) groups excluding carboxylic acids is 2. The molecule has 1 fully saturated rings. The molecule has 0 radical (unpaired) electrons. The van der Waals surface area contributed by atoms with E-state index in [1.807, 2.05) is 43.0 Å². The number of amidine groups is 1. The fourth-order valence-electron chi connectivity index (χ4n) is 3.74. The third-order valence-corrected chi connectivity index (χ3v) is 5.05. The van der Waals surface area contributed by atoms with Crippen molar-refractivity contribution in [3.63, 3.8) is 0 Å². The van der Waals surface area contributed by atoms with Gasteiger partial charge in [-0.15, -0.1) is 0 Å². The molecule has 3 amide bonds. The summed E-state index contributed by atoms with van der Waals surface area (Å²) in [6.45, 7) is 4.86. The van der Waals surface area contributed by atoms with Crippen LogP contribution in [0.4, 0.5) is 10.5 Å². The van der Waals surface area contributed by atoms with Crippen LogP contribution in [0.15, 0.2) is 29.3 Å². The minimum atomic E-state index is -0.710. The number of nitrogens with zero attached hydrogens (tertiary/aromatic N) is 3. The highest BCUT2D eigenvalue weighted by molar-refractivity contribution is 6.30. The maximum absolute atomic E-state index is 12.7. The quantitative estimate of drug-likeness (QED) is 0.870. The molecule has 0 saturated carbocycles. The maximum atomic E-state index is 12.7. The summed E-state index contributed by atoms with van der Waals surface area (Å²) in [5.41, 5.74) is 0.189. The number of rotatable bonds is 5. The maximum Gasteiger partial charge on any atom is 0.331 e. The van der Waals surface area contributed by atoms with Gasteiger partial charge >= 0.3 is 6.03 Å². The molecule has 2 aliphatic rings. The molecule has 3 rings (SSSR count). The van der Waals surface area contributed by atoms with Crippen LogP contribution < -0.4 is 10.2 Å². The van der Waals surface area contributed by atoms with Gasteiger partial charge in [0.25, 0.3) is 0 Å². The molecule has 25 heavy (non-hydrogen) atoms. The smallest absolute Gasteiger partial charge is 0.331 e. The number of hydrogen-bond donors (Lipinski definition) is 1. The third-order valence-electron chi connectivity index (χ3n) is 4.81. The Morgan fingerprint density at radius 3 is 2.60 bits per heavy atom. The van der Waals surface area contributed by atoms with Gasteiger partial charge in [-0.25, -0.2) is 9.79 Å². The number of urea groups is 1. The van der Waals surface area contributed by atoms with Crippen molar-refractivity contribution >= 4 is 35.1 Å². The first-order valence-electron chi connectivity index (χ1n) is 8.70. The Hall–Kier alpha value is -2.08. The van der Waals surface area contributed by atoms with E-state index in [2.05, 4.69) is 10.3 Å². The lowest BCUT2D eigenvalue weighted by Crippen LogP contribution is -2.67. The number of benzene rings is 1. The number of halogens is 1. The van der Waals surface area contributed by atoms with E-state index in [0.29, 0.717) is 37.0 Å². The Labute approximate surface area is 152 Å². The largest absolute Gasteiger partial charge is 0.334 e. The molecular formula is C18H23ClN4O2. The van der Waals surface area contributed by atoms with E-state index >= 15 is 0 Å². The van der Waals surface area contributed by atoms with E-state index in [1.54, 1.807) is 4.90 Å². The average Bonchev–Trinajstić information content (AvgIpc) is 2.60. The molecular weight excluding hydrogens is 340 g/mol. The number of anilines is 1. The first kappa shape index (κ1) is 17.7. The molecule has 7 heteroatoms. The Morgan fingerprint density at radius 1 is 1.24 bits per heavy atom. The summed E-state index contributed by atoms with van der Waals surface area (Å²) in [6.07, 6.45) is 3.08. The van der Waals surface area contributed by atoms with Gasteiger partial charge in [0.2, 0.25) is 5.91 Å². The molecule has 0 unspecified atom stereocenters. The second-order valence-electron chi connectivity index (χ2n) is 6.55. The zero-order valence-electron chi connectivity index (χ0n) is 14.6. The van der Waals surface area contributed by atoms with Crippen molar-refractivity contribution in [1.29, 1.82) is 0 Å². The molecule has 0 bridgehead atoms. The van der Waals surface area contributed by atoms with E-state index in [0.717, 1.165) is 18.5 Å². The van der Waals surface area contributed by atoms with Crippen LogP contribution >= 0.6 is 11.6 Å². The van der Waals surface area contributed by atoms with Crippen molar-refractivity contribution in [3.05, 3.63) is 29.3 Å². The Kier molecular flexibility index (Phi) is 4.99. The standard InChI is InChI=1S/C18H23ClN4O2/c1-3-8-18(9-4-2)15-20-11-22(14-7-5-6-13(19)10-14)12-23(15)17(25)21-16(18)24/h5-7,10H,3-4,8-9,11-12H2,1-2H3,(H,21,24,25). The number of amides is 3. The third kappa shape index (κ3) is 3.11. The number of fused-ring (bicyclic) bond motifs is 1. The molecule has 0 spiro atoms. The molecule has 0 aromatic heterocycles. The van der Waals surface area contributed by atoms with Gasteiger partial charge in [-0.2, -0.15) is 0 Å². The molecule has 1 aromatic carbocycles. The second-order valence-corrected chi connectivity index (χ2v) is 6.99. The van der Waals surface area contributed by atoms with Crippen LogP contribution in [0.1, 0.15) is 39.5 Å². The Bertz CT molecular complexity index is 713. The van der Waals surface area contributed by atoms with Crippen molar-refractivity contribution in [2.45, 2.75) is 39.5 Å². The normalized spacial score (nSPS) is 19.4. The predicted octanol–water partition coefficient (Wildman–Crippen LogP) is 3.61. The van der Waals surface area contributed by atoms with E-state index in [1.165, 1.54) is 0 Å². The molecule has 1 saturated heterocycles. The van der Waals surface area contributed by atoms with Gasteiger partial charge in [-0.1, -0.05) is 44.4 Å². The molecule has 0 atom stereocenters. The molecule has 134 valence electrons. The molecule has 1 aromatic rings. The lowest BCUT2D eigenvalue weighted by molar-refractivity contribution is -0.128. The number of carbonyl (C=O) groups is 2. The SMILES string of the molecule is CCCC1(CCC)C(=O)NC(=O)N2CN(c3cccc(Cl)c3)CN=C21. The molecule has 6 nitrogen and oxygen atoms in total. The van der Waals surface area contributed by atoms with Crippen LogP contribution in [0.5, 0.6) is 0 Å². The fourth-order valence-corrected chi connectivity index (χ4v) is 3.93. The van der Waals surface area contributed by atoms with E-state index < -0.39 is 11.4 Å². The molecule has 1 N–H and O–H groups in total.